The first-order chi connectivity index (χ1) is 7.59. The van der Waals surface area contributed by atoms with Gasteiger partial charge in [-0.3, -0.25) is 4.79 Å². The number of thiophene rings is 1. The standard InChI is InChI=1S/C12H20N2OS/c1-10(13)4-3-5-12(15)14(2)8-11-6-7-16-9-11/h6-7,9-10H,3-5,8,13H2,1-2H3. The average Bonchev–Trinajstić information content (AvgIpc) is 2.69. The summed E-state index contributed by atoms with van der Waals surface area (Å²) in [6, 6.07) is 2.24. The molecule has 1 aromatic heterocycles. The molecular formula is C12H20N2OS. The molecule has 0 bridgehead atoms. The first-order valence-electron chi connectivity index (χ1n) is 5.60. The van der Waals surface area contributed by atoms with E-state index in [4.69, 9.17) is 5.73 Å². The number of carbonyl (C=O) groups is 1. The van der Waals surface area contributed by atoms with Crippen LogP contribution in [0.5, 0.6) is 0 Å². The summed E-state index contributed by atoms with van der Waals surface area (Å²) in [5.74, 6) is 0.201. The second kappa shape index (κ2) is 6.66. The van der Waals surface area contributed by atoms with Gasteiger partial charge >= 0.3 is 0 Å². The van der Waals surface area contributed by atoms with E-state index in [1.165, 1.54) is 5.56 Å². The van der Waals surface area contributed by atoms with E-state index in [9.17, 15) is 4.79 Å². The van der Waals surface area contributed by atoms with Gasteiger partial charge in [0.05, 0.1) is 0 Å². The largest absolute Gasteiger partial charge is 0.341 e. The highest BCUT2D eigenvalue weighted by atomic mass is 32.1. The number of hydrogen-bond acceptors (Lipinski definition) is 3. The molecule has 90 valence electrons. The van der Waals surface area contributed by atoms with Gasteiger partial charge in [-0.15, -0.1) is 0 Å². The van der Waals surface area contributed by atoms with E-state index in [1.807, 2.05) is 19.4 Å². The van der Waals surface area contributed by atoms with E-state index in [1.54, 1.807) is 16.2 Å². The first kappa shape index (κ1) is 13.2. The normalized spacial score (nSPS) is 12.4. The molecule has 0 radical (unpaired) electrons. The second-order valence-electron chi connectivity index (χ2n) is 4.25. The second-order valence-corrected chi connectivity index (χ2v) is 5.03. The van der Waals surface area contributed by atoms with Crippen molar-refractivity contribution in [1.82, 2.24) is 4.90 Å². The van der Waals surface area contributed by atoms with Gasteiger partial charge in [-0.25, -0.2) is 0 Å². The minimum absolute atomic E-state index is 0.190. The van der Waals surface area contributed by atoms with Gasteiger partial charge < -0.3 is 10.6 Å². The fourth-order valence-corrected chi connectivity index (χ4v) is 2.17. The molecule has 2 N–H and O–H groups in total. The summed E-state index contributed by atoms with van der Waals surface area (Å²) in [7, 11) is 1.85. The average molecular weight is 240 g/mol. The fraction of sp³-hybridized carbons (Fsp3) is 0.583. The zero-order valence-electron chi connectivity index (χ0n) is 9.98. The highest BCUT2D eigenvalue weighted by Gasteiger charge is 2.09. The Kier molecular flexibility index (Phi) is 5.49. The minimum atomic E-state index is 0.190. The van der Waals surface area contributed by atoms with Gasteiger partial charge in [0, 0.05) is 26.1 Å². The van der Waals surface area contributed by atoms with Crippen LogP contribution in [0.1, 0.15) is 31.7 Å². The van der Waals surface area contributed by atoms with E-state index in [0.717, 1.165) is 12.8 Å². The van der Waals surface area contributed by atoms with Crippen LogP contribution >= 0.6 is 11.3 Å². The smallest absolute Gasteiger partial charge is 0.222 e. The topological polar surface area (TPSA) is 46.3 Å². The third kappa shape index (κ3) is 4.77. The Hall–Kier alpha value is -0.870. The molecule has 0 aromatic carbocycles. The predicted molar refractivity (Wildman–Crippen MR) is 68.3 cm³/mol. The van der Waals surface area contributed by atoms with Gasteiger partial charge in [0.15, 0.2) is 0 Å². The highest BCUT2D eigenvalue weighted by molar-refractivity contribution is 7.07. The quantitative estimate of drug-likeness (QED) is 0.828. The van der Waals surface area contributed by atoms with Crippen molar-refractivity contribution in [1.29, 1.82) is 0 Å². The van der Waals surface area contributed by atoms with Crippen molar-refractivity contribution >= 4 is 17.2 Å². The monoisotopic (exact) mass is 240 g/mol. The molecule has 1 rings (SSSR count). The molecule has 0 aliphatic carbocycles. The molecule has 1 heterocycles. The van der Waals surface area contributed by atoms with Crippen molar-refractivity contribution in [2.45, 2.75) is 38.8 Å². The maximum Gasteiger partial charge on any atom is 0.222 e. The van der Waals surface area contributed by atoms with Crippen LogP contribution in [0.3, 0.4) is 0 Å². The lowest BCUT2D eigenvalue weighted by atomic mass is 10.1. The number of hydrogen-bond donors (Lipinski definition) is 1. The van der Waals surface area contributed by atoms with Gasteiger partial charge in [0.25, 0.3) is 0 Å². The van der Waals surface area contributed by atoms with Crippen molar-refractivity contribution in [3.63, 3.8) is 0 Å². The zero-order valence-corrected chi connectivity index (χ0v) is 10.8. The lowest BCUT2D eigenvalue weighted by Gasteiger charge is -2.16. The van der Waals surface area contributed by atoms with Crippen LogP contribution in [0.4, 0.5) is 0 Å². The molecular weight excluding hydrogens is 220 g/mol. The van der Waals surface area contributed by atoms with Gasteiger partial charge in [-0.2, -0.15) is 11.3 Å². The van der Waals surface area contributed by atoms with Crippen LogP contribution in [0.2, 0.25) is 0 Å². The SMILES string of the molecule is CC(N)CCCC(=O)N(C)Cc1ccsc1. The molecule has 1 aromatic rings. The Morgan fingerprint density at radius 3 is 2.94 bits per heavy atom. The Balaban J connectivity index is 2.25. The number of carbonyl (C=O) groups excluding carboxylic acids is 1. The Morgan fingerprint density at radius 2 is 2.38 bits per heavy atom. The van der Waals surface area contributed by atoms with Crippen LogP contribution in [-0.2, 0) is 11.3 Å². The van der Waals surface area contributed by atoms with Crippen molar-refractivity contribution in [2.75, 3.05) is 7.05 Å². The van der Waals surface area contributed by atoms with Crippen molar-refractivity contribution in [2.24, 2.45) is 5.73 Å². The van der Waals surface area contributed by atoms with Crippen molar-refractivity contribution in [3.8, 4) is 0 Å². The molecule has 0 fully saturated rings. The Morgan fingerprint density at radius 1 is 1.62 bits per heavy atom. The lowest BCUT2D eigenvalue weighted by Crippen LogP contribution is -2.26. The summed E-state index contributed by atoms with van der Waals surface area (Å²) in [4.78, 5) is 13.5. The minimum Gasteiger partial charge on any atom is -0.341 e. The molecule has 1 atom stereocenters. The Bertz CT molecular complexity index is 309. The van der Waals surface area contributed by atoms with Gasteiger partial charge in [0.1, 0.15) is 0 Å². The maximum absolute atomic E-state index is 11.7. The number of nitrogens with two attached hydrogens (primary N) is 1. The summed E-state index contributed by atoms with van der Waals surface area (Å²) >= 11 is 1.66. The van der Waals surface area contributed by atoms with E-state index >= 15 is 0 Å². The van der Waals surface area contributed by atoms with Crippen LogP contribution < -0.4 is 5.73 Å². The first-order valence-corrected chi connectivity index (χ1v) is 6.54. The molecule has 3 nitrogen and oxygen atoms in total. The summed E-state index contributed by atoms with van der Waals surface area (Å²) in [6.45, 7) is 2.68. The number of rotatable bonds is 6. The van der Waals surface area contributed by atoms with Gasteiger partial charge in [-0.1, -0.05) is 0 Å². The third-order valence-corrected chi connectivity index (χ3v) is 3.21. The molecule has 0 saturated carbocycles. The molecule has 1 unspecified atom stereocenters. The molecule has 1 amide bonds. The molecule has 4 heteroatoms. The summed E-state index contributed by atoms with van der Waals surface area (Å²) < 4.78 is 0. The molecule has 0 aliphatic heterocycles. The molecule has 16 heavy (non-hydrogen) atoms. The Labute approximate surface area is 101 Å². The molecule has 0 saturated heterocycles. The zero-order chi connectivity index (χ0) is 12.0. The van der Waals surface area contributed by atoms with E-state index in [0.29, 0.717) is 13.0 Å². The van der Waals surface area contributed by atoms with E-state index in [-0.39, 0.29) is 11.9 Å². The summed E-state index contributed by atoms with van der Waals surface area (Å²) in [5, 5.41) is 4.11. The lowest BCUT2D eigenvalue weighted by molar-refractivity contribution is -0.130. The van der Waals surface area contributed by atoms with E-state index in [2.05, 4.69) is 11.4 Å². The maximum atomic E-state index is 11.7. The number of amides is 1. The molecule has 0 spiro atoms. The third-order valence-electron chi connectivity index (χ3n) is 2.48. The highest BCUT2D eigenvalue weighted by Crippen LogP contribution is 2.10. The van der Waals surface area contributed by atoms with Crippen LogP contribution in [-0.4, -0.2) is 23.9 Å². The van der Waals surface area contributed by atoms with Crippen LogP contribution in [0.25, 0.3) is 0 Å². The van der Waals surface area contributed by atoms with Crippen molar-refractivity contribution < 1.29 is 4.79 Å². The van der Waals surface area contributed by atoms with Crippen molar-refractivity contribution in [3.05, 3.63) is 22.4 Å². The van der Waals surface area contributed by atoms with Gasteiger partial charge in [-0.05, 0) is 42.2 Å². The molecule has 0 aliphatic rings. The van der Waals surface area contributed by atoms with Crippen LogP contribution in [0, 0.1) is 0 Å². The summed E-state index contributed by atoms with van der Waals surface area (Å²) in [5.41, 5.74) is 6.84. The summed E-state index contributed by atoms with van der Waals surface area (Å²) in [6.07, 6.45) is 2.39. The fourth-order valence-electron chi connectivity index (χ4n) is 1.51. The van der Waals surface area contributed by atoms with Crippen LogP contribution in [0.15, 0.2) is 16.8 Å². The van der Waals surface area contributed by atoms with Gasteiger partial charge in [0.2, 0.25) is 5.91 Å². The predicted octanol–water partition coefficient (Wildman–Crippen LogP) is 2.22. The van der Waals surface area contributed by atoms with E-state index < -0.39 is 0 Å². The number of nitrogens with zero attached hydrogens (tertiary/aromatic N) is 1.